The minimum atomic E-state index is -0.392. The van der Waals surface area contributed by atoms with Crippen LogP contribution in [-0.2, 0) is 14.9 Å². The van der Waals surface area contributed by atoms with E-state index in [4.69, 9.17) is 16.3 Å². The van der Waals surface area contributed by atoms with Crippen molar-refractivity contribution in [3.8, 4) is 0 Å². The molecule has 1 aliphatic heterocycles. The smallest absolute Gasteiger partial charge is 0.233 e. The molecule has 24 heavy (non-hydrogen) atoms. The van der Waals surface area contributed by atoms with E-state index in [-0.39, 0.29) is 23.7 Å². The fourth-order valence-electron chi connectivity index (χ4n) is 4.71. The molecular formula is C19H24ClNO3. The molecule has 4 nitrogen and oxygen atoms in total. The summed E-state index contributed by atoms with van der Waals surface area (Å²) in [4.78, 5) is 15.4. The Morgan fingerprint density at radius 3 is 2.58 bits per heavy atom. The van der Waals surface area contributed by atoms with Gasteiger partial charge in [0, 0.05) is 18.7 Å². The second-order valence-corrected chi connectivity index (χ2v) is 7.99. The number of halogens is 1. The molecule has 3 fully saturated rings. The first-order chi connectivity index (χ1) is 11.5. The topological polar surface area (TPSA) is 49.8 Å². The predicted molar refractivity (Wildman–Crippen MR) is 92.1 cm³/mol. The fourth-order valence-corrected chi connectivity index (χ4v) is 4.84. The first-order valence-electron chi connectivity index (χ1n) is 8.81. The third kappa shape index (κ3) is 2.39. The number of amides is 1. The molecule has 2 aliphatic carbocycles. The molecule has 0 radical (unpaired) electrons. The van der Waals surface area contributed by atoms with E-state index in [0.717, 1.165) is 44.2 Å². The summed E-state index contributed by atoms with van der Waals surface area (Å²) in [5, 5.41) is 10.8. The number of carbonyl (C=O) groups is 1. The van der Waals surface area contributed by atoms with E-state index in [1.807, 2.05) is 29.2 Å². The van der Waals surface area contributed by atoms with Crippen molar-refractivity contribution in [3.05, 3.63) is 34.9 Å². The summed E-state index contributed by atoms with van der Waals surface area (Å²) in [5.74, 6) is 0.197. The maximum absolute atomic E-state index is 13.4. The van der Waals surface area contributed by atoms with Crippen molar-refractivity contribution in [1.29, 1.82) is 0 Å². The summed E-state index contributed by atoms with van der Waals surface area (Å²) in [7, 11) is 1.74. The number of benzene rings is 1. The Morgan fingerprint density at radius 2 is 1.96 bits per heavy atom. The van der Waals surface area contributed by atoms with Crippen LogP contribution in [0.1, 0.15) is 44.1 Å². The van der Waals surface area contributed by atoms with Gasteiger partial charge >= 0.3 is 0 Å². The van der Waals surface area contributed by atoms with Crippen LogP contribution in [0.15, 0.2) is 24.3 Å². The predicted octanol–water partition coefficient (Wildman–Crippen LogP) is 2.90. The van der Waals surface area contributed by atoms with Gasteiger partial charge in [-0.2, -0.15) is 0 Å². The Bertz CT molecular complexity index is 643. The lowest BCUT2D eigenvalue weighted by atomic mass is 9.79. The Hall–Kier alpha value is -1.10. The van der Waals surface area contributed by atoms with Crippen molar-refractivity contribution in [1.82, 2.24) is 4.90 Å². The van der Waals surface area contributed by atoms with Crippen molar-refractivity contribution >= 4 is 17.5 Å². The summed E-state index contributed by atoms with van der Waals surface area (Å²) in [6.45, 7) is 0.722. The highest BCUT2D eigenvalue weighted by atomic mass is 35.5. The number of aliphatic hydroxyl groups excluding tert-OH is 1. The van der Waals surface area contributed by atoms with Gasteiger partial charge in [0.05, 0.1) is 23.2 Å². The summed E-state index contributed by atoms with van der Waals surface area (Å²) < 4.78 is 5.86. The zero-order valence-corrected chi connectivity index (χ0v) is 14.8. The number of likely N-dealkylation sites (tertiary alicyclic amines) is 1. The minimum absolute atomic E-state index is 0.0106. The quantitative estimate of drug-likeness (QED) is 0.912. The standard InChI is InChI=1S/C19H24ClNO3/c1-24-19-7-6-15(22)12-16(19)21(11-10-19)17(23)18(8-9-18)13-2-4-14(20)5-3-13/h2-5,15-16,22H,6-12H2,1H3/t15-,16+,19-/m1/s1. The lowest BCUT2D eigenvalue weighted by Crippen LogP contribution is -2.54. The number of ether oxygens (including phenoxy) is 1. The van der Waals surface area contributed by atoms with Crippen molar-refractivity contribution < 1.29 is 14.6 Å². The number of fused-ring (bicyclic) bond motifs is 1. The molecule has 0 bridgehead atoms. The molecule has 2 saturated carbocycles. The zero-order chi connectivity index (χ0) is 16.9. The lowest BCUT2D eigenvalue weighted by molar-refractivity contribution is -0.142. The van der Waals surface area contributed by atoms with Crippen molar-refractivity contribution in [2.75, 3.05) is 13.7 Å². The fraction of sp³-hybridized carbons (Fsp3) is 0.632. The van der Waals surface area contributed by atoms with Crippen molar-refractivity contribution in [2.45, 2.75) is 61.7 Å². The van der Waals surface area contributed by atoms with Gasteiger partial charge in [0.25, 0.3) is 0 Å². The molecule has 0 aromatic heterocycles. The van der Waals surface area contributed by atoms with Gasteiger partial charge in [0.1, 0.15) is 0 Å². The van der Waals surface area contributed by atoms with Gasteiger partial charge in [-0.05, 0) is 56.2 Å². The van der Waals surface area contributed by atoms with Crippen LogP contribution in [0.2, 0.25) is 5.02 Å². The van der Waals surface area contributed by atoms with Crippen LogP contribution in [0.25, 0.3) is 0 Å². The number of carbonyl (C=O) groups excluding carboxylic acids is 1. The molecule has 130 valence electrons. The van der Waals surface area contributed by atoms with Gasteiger partial charge in [-0.3, -0.25) is 4.79 Å². The summed E-state index contributed by atoms with van der Waals surface area (Å²) >= 11 is 5.99. The second-order valence-electron chi connectivity index (χ2n) is 7.55. The van der Waals surface area contributed by atoms with E-state index >= 15 is 0 Å². The van der Waals surface area contributed by atoms with Crippen LogP contribution in [0.3, 0.4) is 0 Å². The van der Waals surface area contributed by atoms with Gasteiger partial charge in [-0.1, -0.05) is 23.7 Å². The van der Waals surface area contributed by atoms with Crippen LogP contribution in [-0.4, -0.2) is 47.3 Å². The number of methoxy groups -OCH3 is 1. The average Bonchev–Trinajstić information content (AvgIpc) is 3.31. The average molecular weight is 350 g/mol. The minimum Gasteiger partial charge on any atom is -0.393 e. The molecule has 1 aromatic carbocycles. The molecule has 0 unspecified atom stereocenters. The molecule has 1 saturated heterocycles. The van der Waals surface area contributed by atoms with Gasteiger partial charge in [-0.25, -0.2) is 0 Å². The van der Waals surface area contributed by atoms with E-state index in [0.29, 0.717) is 11.4 Å². The van der Waals surface area contributed by atoms with Crippen LogP contribution in [0.4, 0.5) is 0 Å². The third-order valence-corrected chi connectivity index (χ3v) is 6.63. The highest BCUT2D eigenvalue weighted by molar-refractivity contribution is 6.30. The van der Waals surface area contributed by atoms with E-state index in [1.165, 1.54) is 0 Å². The maximum Gasteiger partial charge on any atom is 0.233 e. The van der Waals surface area contributed by atoms with Gasteiger partial charge in [0.15, 0.2) is 0 Å². The molecule has 1 heterocycles. The Kier molecular flexibility index (Phi) is 3.90. The summed E-state index contributed by atoms with van der Waals surface area (Å²) in [6, 6.07) is 7.66. The molecule has 3 atom stereocenters. The van der Waals surface area contributed by atoms with E-state index in [9.17, 15) is 9.90 Å². The molecule has 1 amide bonds. The number of hydrogen-bond acceptors (Lipinski definition) is 3. The van der Waals surface area contributed by atoms with Gasteiger partial charge in [-0.15, -0.1) is 0 Å². The highest BCUT2D eigenvalue weighted by Gasteiger charge is 2.59. The molecule has 0 spiro atoms. The van der Waals surface area contributed by atoms with Gasteiger partial charge in [0.2, 0.25) is 5.91 Å². The van der Waals surface area contributed by atoms with Crippen LogP contribution >= 0.6 is 11.6 Å². The SMILES string of the molecule is CO[C@@]12CC[C@@H](O)C[C@@H]1N(C(=O)C1(c3ccc(Cl)cc3)CC1)CC2. The molecule has 1 N–H and O–H groups in total. The number of rotatable bonds is 3. The second kappa shape index (κ2) is 5.72. The number of nitrogens with zero attached hydrogens (tertiary/aromatic N) is 1. The van der Waals surface area contributed by atoms with Crippen LogP contribution in [0, 0.1) is 0 Å². The van der Waals surface area contributed by atoms with Crippen molar-refractivity contribution in [2.24, 2.45) is 0 Å². The van der Waals surface area contributed by atoms with Crippen LogP contribution in [0.5, 0.6) is 0 Å². The monoisotopic (exact) mass is 349 g/mol. The van der Waals surface area contributed by atoms with E-state index in [1.54, 1.807) is 7.11 Å². The largest absolute Gasteiger partial charge is 0.393 e. The first-order valence-corrected chi connectivity index (χ1v) is 9.19. The lowest BCUT2D eigenvalue weighted by Gasteiger charge is -2.43. The Morgan fingerprint density at radius 1 is 1.25 bits per heavy atom. The molecule has 1 aromatic rings. The van der Waals surface area contributed by atoms with E-state index in [2.05, 4.69) is 0 Å². The normalized spacial score (nSPS) is 34.0. The Balaban J connectivity index is 1.61. The van der Waals surface area contributed by atoms with Crippen LogP contribution < -0.4 is 0 Å². The molecular weight excluding hydrogens is 326 g/mol. The first kappa shape index (κ1) is 16.4. The molecule has 5 heteroatoms. The highest BCUT2D eigenvalue weighted by Crippen LogP contribution is 2.52. The number of aliphatic hydroxyl groups is 1. The number of hydrogen-bond donors (Lipinski definition) is 1. The molecule has 4 rings (SSSR count). The Labute approximate surface area is 147 Å². The van der Waals surface area contributed by atoms with Gasteiger partial charge < -0.3 is 14.7 Å². The summed E-state index contributed by atoms with van der Waals surface area (Å²) in [5.41, 5.74) is 0.394. The third-order valence-electron chi connectivity index (χ3n) is 6.38. The molecule has 3 aliphatic rings. The van der Waals surface area contributed by atoms with E-state index < -0.39 is 5.41 Å². The summed E-state index contributed by atoms with van der Waals surface area (Å²) in [6.07, 6.45) is 4.51. The van der Waals surface area contributed by atoms with Crippen molar-refractivity contribution in [3.63, 3.8) is 0 Å². The maximum atomic E-state index is 13.4. The zero-order valence-electron chi connectivity index (χ0n) is 14.0.